The van der Waals surface area contributed by atoms with Gasteiger partial charge in [0.2, 0.25) is 0 Å². The van der Waals surface area contributed by atoms with E-state index in [0.717, 1.165) is 0 Å². The summed E-state index contributed by atoms with van der Waals surface area (Å²) in [6.45, 7) is 0.424. The fourth-order valence-electron chi connectivity index (χ4n) is 1.45. The highest BCUT2D eigenvalue weighted by Crippen LogP contribution is 2.23. The molecule has 1 fully saturated rings. The number of hydrogen-bond donors (Lipinski definition) is 1. The van der Waals surface area contributed by atoms with Gasteiger partial charge in [0, 0.05) is 19.0 Å². The van der Waals surface area contributed by atoms with Crippen LogP contribution in [0.25, 0.3) is 0 Å². The molecule has 1 N–H and O–H groups in total. The molecule has 1 aromatic heterocycles. The lowest BCUT2D eigenvalue weighted by molar-refractivity contribution is -0.128. The first-order valence-corrected chi connectivity index (χ1v) is 4.44. The van der Waals surface area contributed by atoms with Crippen molar-refractivity contribution in [1.82, 2.24) is 9.97 Å². The number of aromatic amines is 1. The fraction of sp³-hybridized carbons (Fsp3) is 0.444. The standard InChI is InChI=1S/C9H10N2O3/c12-6-2-4-14-8(5-6)7-1-3-10-9(13)11-7/h1,3,8H,2,4-5H2,(H,10,11,13). The Labute approximate surface area is 80.1 Å². The number of carbonyl (C=O) groups excluding carboxylic acids is 1. The van der Waals surface area contributed by atoms with E-state index in [-0.39, 0.29) is 11.9 Å². The molecule has 1 saturated heterocycles. The average molecular weight is 194 g/mol. The Morgan fingerprint density at radius 3 is 3.07 bits per heavy atom. The van der Waals surface area contributed by atoms with Crippen molar-refractivity contribution in [3.8, 4) is 0 Å². The summed E-state index contributed by atoms with van der Waals surface area (Å²) in [5.74, 6) is 0.166. The maximum atomic E-state index is 11.1. The Bertz CT molecular complexity index is 399. The van der Waals surface area contributed by atoms with Gasteiger partial charge in [0.05, 0.1) is 12.3 Å². The highest BCUT2D eigenvalue weighted by Gasteiger charge is 2.22. The van der Waals surface area contributed by atoms with E-state index in [1.54, 1.807) is 6.07 Å². The van der Waals surface area contributed by atoms with Crippen LogP contribution in [0.15, 0.2) is 17.1 Å². The summed E-state index contributed by atoms with van der Waals surface area (Å²) >= 11 is 0. The monoisotopic (exact) mass is 194 g/mol. The lowest BCUT2D eigenvalue weighted by atomic mass is 10.1. The van der Waals surface area contributed by atoms with Crippen molar-refractivity contribution >= 4 is 5.78 Å². The number of ketones is 1. The molecule has 0 saturated carbocycles. The number of nitrogens with one attached hydrogen (secondary N) is 1. The third-order valence-corrected chi connectivity index (χ3v) is 2.16. The lowest BCUT2D eigenvalue weighted by Gasteiger charge is -2.21. The molecule has 0 spiro atoms. The predicted molar refractivity (Wildman–Crippen MR) is 47.8 cm³/mol. The molecule has 14 heavy (non-hydrogen) atoms. The van der Waals surface area contributed by atoms with Crippen molar-refractivity contribution in [2.24, 2.45) is 0 Å². The number of rotatable bonds is 1. The Balaban J connectivity index is 2.22. The van der Waals surface area contributed by atoms with E-state index in [1.807, 2.05) is 0 Å². The van der Waals surface area contributed by atoms with E-state index in [0.29, 0.717) is 25.1 Å². The third-order valence-electron chi connectivity index (χ3n) is 2.16. The zero-order valence-electron chi connectivity index (χ0n) is 7.53. The molecule has 0 radical (unpaired) electrons. The van der Waals surface area contributed by atoms with Gasteiger partial charge in [-0.1, -0.05) is 0 Å². The first-order chi connectivity index (χ1) is 6.75. The van der Waals surface area contributed by atoms with Gasteiger partial charge in [0.1, 0.15) is 11.9 Å². The molecule has 1 aliphatic heterocycles. The van der Waals surface area contributed by atoms with Crippen molar-refractivity contribution in [2.45, 2.75) is 18.9 Å². The van der Waals surface area contributed by atoms with Gasteiger partial charge in [-0.25, -0.2) is 9.78 Å². The van der Waals surface area contributed by atoms with Gasteiger partial charge in [-0.15, -0.1) is 0 Å². The number of aromatic nitrogens is 2. The average Bonchev–Trinajstić information content (AvgIpc) is 2.18. The predicted octanol–water partition coefficient (Wildman–Crippen LogP) is 0.190. The molecule has 5 nitrogen and oxygen atoms in total. The second-order valence-electron chi connectivity index (χ2n) is 3.18. The van der Waals surface area contributed by atoms with Crippen LogP contribution in [0.2, 0.25) is 0 Å². The van der Waals surface area contributed by atoms with Crippen LogP contribution in [0.4, 0.5) is 0 Å². The first-order valence-electron chi connectivity index (χ1n) is 4.44. The van der Waals surface area contributed by atoms with Crippen LogP contribution in [0, 0.1) is 0 Å². The minimum absolute atomic E-state index is 0.166. The minimum atomic E-state index is -0.413. The van der Waals surface area contributed by atoms with Crippen LogP contribution in [0.5, 0.6) is 0 Å². The summed E-state index contributed by atoms with van der Waals surface area (Å²) in [5, 5.41) is 0. The Hall–Kier alpha value is -1.49. The Kier molecular flexibility index (Phi) is 2.41. The molecule has 1 unspecified atom stereocenters. The maximum Gasteiger partial charge on any atom is 0.345 e. The largest absolute Gasteiger partial charge is 0.371 e. The molecule has 1 aromatic rings. The van der Waals surface area contributed by atoms with Gasteiger partial charge in [-0.3, -0.25) is 4.79 Å². The Morgan fingerprint density at radius 1 is 1.50 bits per heavy atom. The second-order valence-corrected chi connectivity index (χ2v) is 3.18. The van der Waals surface area contributed by atoms with E-state index < -0.39 is 5.69 Å². The number of H-pyrrole nitrogens is 1. The van der Waals surface area contributed by atoms with E-state index in [9.17, 15) is 9.59 Å². The number of Topliss-reactive ketones (excluding diaryl/α,β-unsaturated/α-hetero) is 1. The topological polar surface area (TPSA) is 72.0 Å². The van der Waals surface area contributed by atoms with Crippen molar-refractivity contribution in [3.63, 3.8) is 0 Å². The summed E-state index contributed by atoms with van der Waals surface area (Å²) in [5.41, 5.74) is 0.210. The molecule has 2 rings (SSSR count). The second kappa shape index (κ2) is 3.71. The van der Waals surface area contributed by atoms with Gasteiger partial charge in [-0.05, 0) is 6.07 Å². The third kappa shape index (κ3) is 1.88. The van der Waals surface area contributed by atoms with Gasteiger partial charge in [-0.2, -0.15) is 0 Å². The summed E-state index contributed by atoms with van der Waals surface area (Å²) < 4.78 is 5.37. The van der Waals surface area contributed by atoms with Crippen molar-refractivity contribution < 1.29 is 9.53 Å². The van der Waals surface area contributed by atoms with Gasteiger partial charge in [0.25, 0.3) is 0 Å². The summed E-state index contributed by atoms with van der Waals surface area (Å²) in [7, 11) is 0. The van der Waals surface area contributed by atoms with Crippen LogP contribution >= 0.6 is 0 Å². The van der Waals surface area contributed by atoms with E-state index in [4.69, 9.17) is 4.74 Å². The molecule has 5 heteroatoms. The molecule has 2 heterocycles. The zero-order valence-corrected chi connectivity index (χ0v) is 7.53. The summed E-state index contributed by atoms with van der Waals surface area (Å²) in [6.07, 6.45) is 1.90. The normalized spacial score (nSPS) is 22.3. The minimum Gasteiger partial charge on any atom is -0.371 e. The molecule has 0 amide bonds. The van der Waals surface area contributed by atoms with Gasteiger partial charge < -0.3 is 9.72 Å². The number of carbonyl (C=O) groups is 1. The molecule has 0 bridgehead atoms. The number of nitrogens with zero attached hydrogens (tertiary/aromatic N) is 1. The molecule has 74 valence electrons. The summed E-state index contributed by atoms with van der Waals surface area (Å²) in [6, 6.07) is 1.66. The quantitative estimate of drug-likeness (QED) is 0.692. The Morgan fingerprint density at radius 2 is 2.36 bits per heavy atom. The lowest BCUT2D eigenvalue weighted by Crippen LogP contribution is -2.22. The zero-order chi connectivity index (χ0) is 9.97. The number of ether oxygens (including phenoxy) is 1. The van der Waals surface area contributed by atoms with Gasteiger partial charge in [0.15, 0.2) is 0 Å². The number of hydrogen-bond acceptors (Lipinski definition) is 4. The first kappa shape index (κ1) is 9.08. The summed E-state index contributed by atoms with van der Waals surface area (Å²) in [4.78, 5) is 28.1. The molecule has 1 aliphatic rings. The molecule has 1 atom stereocenters. The smallest absolute Gasteiger partial charge is 0.345 e. The van der Waals surface area contributed by atoms with Crippen LogP contribution in [0.3, 0.4) is 0 Å². The van der Waals surface area contributed by atoms with Crippen molar-refractivity contribution in [2.75, 3.05) is 6.61 Å². The van der Waals surface area contributed by atoms with Crippen LogP contribution in [-0.2, 0) is 9.53 Å². The van der Waals surface area contributed by atoms with E-state index in [1.165, 1.54) is 6.20 Å². The van der Waals surface area contributed by atoms with Crippen LogP contribution < -0.4 is 5.69 Å². The molecular weight excluding hydrogens is 184 g/mol. The van der Waals surface area contributed by atoms with Crippen LogP contribution in [0.1, 0.15) is 24.6 Å². The van der Waals surface area contributed by atoms with Crippen molar-refractivity contribution in [1.29, 1.82) is 0 Å². The molecular formula is C9H10N2O3. The molecule has 0 aromatic carbocycles. The highest BCUT2D eigenvalue weighted by molar-refractivity contribution is 5.79. The van der Waals surface area contributed by atoms with Gasteiger partial charge >= 0.3 is 5.69 Å². The van der Waals surface area contributed by atoms with E-state index >= 15 is 0 Å². The van der Waals surface area contributed by atoms with E-state index in [2.05, 4.69) is 9.97 Å². The van der Waals surface area contributed by atoms with Crippen molar-refractivity contribution in [3.05, 3.63) is 28.4 Å². The molecule has 0 aliphatic carbocycles. The fourth-order valence-corrected chi connectivity index (χ4v) is 1.45. The highest BCUT2D eigenvalue weighted by atomic mass is 16.5. The maximum absolute atomic E-state index is 11.1. The van der Waals surface area contributed by atoms with Crippen LogP contribution in [-0.4, -0.2) is 22.4 Å². The SMILES string of the molecule is O=C1CCOC(c2ccnc(=O)[nH]2)C1.